The third kappa shape index (κ3) is 3.32. The number of aromatic nitrogens is 3. The number of carbonyl (C=O) groups excluding carboxylic acids is 1. The van der Waals surface area contributed by atoms with Crippen LogP contribution in [0.4, 0.5) is 0 Å². The maximum atomic E-state index is 11.9. The molecule has 1 aliphatic heterocycles. The standard InChI is InChI=1S/C13H21N3O3/c1-9(2)8-19-13(17)12-10(3)16(15-14-12)11-4-6-18-7-5-11/h9,11H,4-8H2,1-3H3. The summed E-state index contributed by atoms with van der Waals surface area (Å²) in [6.45, 7) is 7.73. The average Bonchev–Trinajstić information content (AvgIpc) is 2.79. The lowest BCUT2D eigenvalue weighted by Crippen LogP contribution is -2.21. The van der Waals surface area contributed by atoms with Gasteiger partial charge in [0, 0.05) is 13.2 Å². The van der Waals surface area contributed by atoms with Crippen LogP contribution in [-0.4, -0.2) is 40.8 Å². The Morgan fingerprint density at radius 1 is 1.47 bits per heavy atom. The predicted molar refractivity (Wildman–Crippen MR) is 69.0 cm³/mol. The van der Waals surface area contributed by atoms with Crippen molar-refractivity contribution in [3.05, 3.63) is 11.4 Å². The van der Waals surface area contributed by atoms with E-state index in [9.17, 15) is 4.79 Å². The Kier molecular flexibility index (Phi) is 4.52. The molecule has 106 valence electrons. The fraction of sp³-hybridized carbons (Fsp3) is 0.769. The molecule has 1 fully saturated rings. The SMILES string of the molecule is Cc1c(C(=O)OCC(C)C)nnn1C1CCOCC1. The molecule has 1 aromatic rings. The maximum Gasteiger partial charge on any atom is 0.360 e. The molecule has 0 radical (unpaired) electrons. The van der Waals surface area contributed by atoms with Crippen LogP contribution < -0.4 is 0 Å². The van der Waals surface area contributed by atoms with Crippen LogP contribution in [0.2, 0.25) is 0 Å². The van der Waals surface area contributed by atoms with Gasteiger partial charge < -0.3 is 9.47 Å². The van der Waals surface area contributed by atoms with E-state index >= 15 is 0 Å². The molecule has 1 aromatic heterocycles. The van der Waals surface area contributed by atoms with E-state index in [2.05, 4.69) is 10.3 Å². The first-order valence-electron chi connectivity index (χ1n) is 6.76. The molecular weight excluding hydrogens is 246 g/mol. The molecule has 0 aliphatic carbocycles. The highest BCUT2D eigenvalue weighted by Gasteiger charge is 2.24. The first kappa shape index (κ1) is 14.0. The Morgan fingerprint density at radius 3 is 2.79 bits per heavy atom. The molecule has 0 N–H and O–H groups in total. The highest BCUT2D eigenvalue weighted by molar-refractivity contribution is 5.88. The first-order valence-corrected chi connectivity index (χ1v) is 6.76. The number of hydrogen-bond donors (Lipinski definition) is 0. The van der Waals surface area contributed by atoms with Gasteiger partial charge in [0.15, 0.2) is 5.69 Å². The van der Waals surface area contributed by atoms with Crippen molar-refractivity contribution in [1.82, 2.24) is 15.0 Å². The Morgan fingerprint density at radius 2 is 2.16 bits per heavy atom. The fourth-order valence-electron chi connectivity index (χ4n) is 2.12. The first-order chi connectivity index (χ1) is 9.09. The van der Waals surface area contributed by atoms with E-state index < -0.39 is 0 Å². The molecule has 19 heavy (non-hydrogen) atoms. The van der Waals surface area contributed by atoms with Crippen molar-refractivity contribution in [2.75, 3.05) is 19.8 Å². The van der Waals surface area contributed by atoms with Crippen LogP contribution in [0.15, 0.2) is 0 Å². The summed E-state index contributed by atoms with van der Waals surface area (Å²) in [4.78, 5) is 11.9. The molecule has 0 unspecified atom stereocenters. The summed E-state index contributed by atoms with van der Waals surface area (Å²) < 4.78 is 12.3. The summed E-state index contributed by atoms with van der Waals surface area (Å²) in [6.07, 6.45) is 1.81. The molecule has 0 aromatic carbocycles. The van der Waals surface area contributed by atoms with Crippen LogP contribution in [0.1, 0.15) is 48.9 Å². The van der Waals surface area contributed by atoms with Gasteiger partial charge in [-0.2, -0.15) is 0 Å². The van der Waals surface area contributed by atoms with Crippen molar-refractivity contribution in [2.24, 2.45) is 5.92 Å². The number of rotatable bonds is 4. The Hall–Kier alpha value is -1.43. The van der Waals surface area contributed by atoms with Gasteiger partial charge in [0.1, 0.15) is 0 Å². The largest absolute Gasteiger partial charge is 0.461 e. The normalized spacial score (nSPS) is 16.8. The minimum Gasteiger partial charge on any atom is -0.461 e. The number of nitrogens with zero attached hydrogens (tertiary/aromatic N) is 3. The van der Waals surface area contributed by atoms with Crippen LogP contribution in [0.25, 0.3) is 0 Å². The molecule has 1 aliphatic rings. The molecule has 0 saturated carbocycles. The highest BCUT2D eigenvalue weighted by Crippen LogP contribution is 2.22. The molecule has 0 bridgehead atoms. The second-order valence-corrected chi connectivity index (χ2v) is 5.30. The van der Waals surface area contributed by atoms with Gasteiger partial charge in [0.05, 0.1) is 18.3 Å². The molecule has 0 spiro atoms. The zero-order valence-electron chi connectivity index (χ0n) is 11.8. The fourth-order valence-corrected chi connectivity index (χ4v) is 2.12. The monoisotopic (exact) mass is 267 g/mol. The van der Waals surface area contributed by atoms with Gasteiger partial charge in [-0.25, -0.2) is 9.48 Å². The van der Waals surface area contributed by atoms with Crippen LogP contribution in [0.3, 0.4) is 0 Å². The van der Waals surface area contributed by atoms with Crippen LogP contribution in [-0.2, 0) is 9.47 Å². The molecular formula is C13H21N3O3. The predicted octanol–water partition coefficient (Wildman–Crippen LogP) is 1.75. The zero-order chi connectivity index (χ0) is 13.8. The Labute approximate surface area is 113 Å². The number of hydrogen-bond acceptors (Lipinski definition) is 5. The second-order valence-electron chi connectivity index (χ2n) is 5.30. The highest BCUT2D eigenvalue weighted by atomic mass is 16.5. The smallest absolute Gasteiger partial charge is 0.360 e. The summed E-state index contributed by atoms with van der Waals surface area (Å²) in [5.74, 6) is -0.0701. The molecule has 2 heterocycles. The molecule has 1 saturated heterocycles. The molecule has 6 nitrogen and oxygen atoms in total. The van der Waals surface area contributed by atoms with Crippen LogP contribution in [0.5, 0.6) is 0 Å². The van der Waals surface area contributed by atoms with E-state index in [1.807, 2.05) is 25.5 Å². The van der Waals surface area contributed by atoms with E-state index in [1.54, 1.807) is 0 Å². The van der Waals surface area contributed by atoms with E-state index in [0.717, 1.165) is 31.7 Å². The van der Waals surface area contributed by atoms with Gasteiger partial charge >= 0.3 is 5.97 Å². The van der Waals surface area contributed by atoms with Gasteiger partial charge in [-0.15, -0.1) is 5.10 Å². The Bertz CT molecular complexity index is 436. The van der Waals surface area contributed by atoms with Crippen LogP contribution >= 0.6 is 0 Å². The molecule has 2 rings (SSSR count). The minimum absolute atomic E-state index is 0.271. The molecule has 0 amide bonds. The van der Waals surface area contributed by atoms with E-state index in [-0.39, 0.29) is 12.0 Å². The summed E-state index contributed by atoms with van der Waals surface area (Å²) >= 11 is 0. The quantitative estimate of drug-likeness (QED) is 0.777. The zero-order valence-corrected chi connectivity index (χ0v) is 11.8. The topological polar surface area (TPSA) is 66.2 Å². The van der Waals surface area contributed by atoms with Gasteiger partial charge in [-0.05, 0) is 25.7 Å². The van der Waals surface area contributed by atoms with E-state index in [0.29, 0.717) is 18.2 Å². The van der Waals surface area contributed by atoms with E-state index in [4.69, 9.17) is 9.47 Å². The van der Waals surface area contributed by atoms with Crippen molar-refractivity contribution in [2.45, 2.75) is 39.7 Å². The van der Waals surface area contributed by atoms with E-state index in [1.165, 1.54) is 0 Å². The van der Waals surface area contributed by atoms with Gasteiger partial charge in [0.2, 0.25) is 0 Å². The number of ether oxygens (including phenoxy) is 2. The van der Waals surface area contributed by atoms with Crippen molar-refractivity contribution in [3.8, 4) is 0 Å². The third-order valence-corrected chi connectivity index (χ3v) is 3.21. The Balaban J connectivity index is 2.06. The van der Waals surface area contributed by atoms with Gasteiger partial charge in [-0.3, -0.25) is 0 Å². The summed E-state index contributed by atoms with van der Waals surface area (Å²) in [7, 11) is 0. The van der Waals surface area contributed by atoms with Gasteiger partial charge in [-0.1, -0.05) is 19.1 Å². The van der Waals surface area contributed by atoms with Crippen molar-refractivity contribution in [1.29, 1.82) is 0 Å². The lowest BCUT2D eigenvalue weighted by atomic mass is 10.1. The summed E-state index contributed by atoms with van der Waals surface area (Å²) in [5, 5.41) is 8.06. The van der Waals surface area contributed by atoms with Gasteiger partial charge in [0.25, 0.3) is 0 Å². The second kappa shape index (κ2) is 6.14. The number of carbonyl (C=O) groups is 1. The number of esters is 1. The average molecular weight is 267 g/mol. The van der Waals surface area contributed by atoms with Crippen molar-refractivity contribution in [3.63, 3.8) is 0 Å². The molecule has 6 heteroatoms. The maximum absolute atomic E-state index is 11.9. The summed E-state index contributed by atoms with van der Waals surface area (Å²) in [6, 6.07) is 0.271. The van der Waals surface area contributed by atoms with Crippen LogP contribution in [0, 0.1) is 12.8 Å². The van der Waals surface area contributed by atoms with Crippen molar-refractivity contribution >= 4 is 5.97 Å². The molecule has 0 atom stereocenters. The lowest BCUT2D eigenvalue weighted by Gasteiger charge is -2.22. The van der Waals surface area contributed by atoms with Crippen molar-refractivity contribution < 1.29 is 14.3 Å². The lowest BCUT2D eigenvalue weighted by molar-refractivity contribution is 0.0450. The summed E-state index contributed by atoms with van der Waals surface area (Å²) in [5.41, 5.74) is 1.10. The minimum atomic E-state index is -0.385. The third-order valence-electron chi connectivity index (χ3n) is 3.21.